The summed E-state index contributed by atoms with van der Waals surface area (Å²) in [5.74, 6) is 0. The van der Waals surface area contributed by atoms with Crippen molar-refractivity contribution in [3.05, 3.63) is 64.7 Å². The van der Waals surface area contributed by atoms with Gasteiger partial charge >= 0.3 is 0 Å². The van der Waals surface area contributed by atoms with Gasteiger partial charge in [0, 0.05) is 29.9 Å². The first kappa shape index (κ1) is 12.9. The Hall–Kier alpha value is -1.51. The Morgan fingerprint density at radius 1 is 1.11 bits per heavy atom. The molecule has 0 amide bonds. The molecule has 0 aliphatic carbocycles. The van der Waals surface area contributed by atoms with Crippen LogP contribution in [-0.2, 0) is 17.9 Å². The molecule has 0 bridgehead atoms. The fourth-order valence-electron chi connectivity index (χ4n) is 1.82. The molecule has 0 radical (unpaired) electrons. The Morgan fingerprint density at radius 2 is 1.94 bits per heavy atom. The molecule has 2 aromatic rings. The Balaban J connectivity index is 2.06. The lowest BCUT2D eigenvalue weighted by atomic mass is 10.1. The predicted octanol–water partition coefficient (Wildman–Crippen LogP) is 4.10. The fourth-order valence-corrected chi connectivity index (χ4v) is 2.03. The first-order chi connectivity index (χ1) is 8.79. The molecule has 2 nitrogen and oxygen atoms in total. The third kappa shape index (κ3) is 3.49. The molecule has 1 N–H and O–H groups in total. The van der Waals surface area contributed by atoms with Crippen LogP contribution in [-0.4, -0.2) is 7.11 Å². The number of halogens is 1. The molecule has 0 aliphatic rings. The van der Waals surface area contributed by atoms with Gasteiger partial charge in [-0.1, -0.05) is 41.9 Å². The molecule has 0 saturated carbocycles. The fraction of sp³-hybridized carbons (Fsp3) is 0.200. The molecular formula is C15H16ClNO. The smallest absolute Gasteiger partial charge is 0.0733 e. The molecule has 0 heterocycles. The summed E-state index contributed by atoms with van der Waals surface area (Å²) < 4.78 is 5.18. The highest BCUT2D eigenvalue weighted by molar-refractivity contribution is 6.30. The summed E-state index contributed by atoms with van der Waals surface area (Å²) in [4.78, 5) is 0. The Bertz CT molecular complexity index is 513. The molecule has 2 aromatic carbocycles. The van der Waals surface area contributed by atoms with Crippen molar-refractivity contribution < 1.29 is 4.74 Å². The van der Waals surface area contributed by atoms with Crippen LogP contribution in [0.5, 0.6) is 0 Å². The van der Waals surface area contributed by atoms with Gasteiger partial charge in [-0.05, 0) is 23.8 Å². The van der Waals surface area contributed by atoms with Gasteiger partial charge in [-0.25, -0.2) is 0 Å². The van der Waals surface area contributed by atoms with E-state index < -0.39 is 0 Å². The lowest BCUT2D eigenvalue weighted by Gasteiger charge is -2.11. The normalized spacial score (nSPS) is 10.3. The molecule has 2 rings (SSSR count). The van der Waals surface area contributed by atoms with Crippen LogP contribution in [0.3, 0.4) is 0 Å². The highest BCUT2D eigenvalue weighted by Gasteiger charge is 2.01. The van der Waals surface area contributed by atoms with E-state index in [4.69, 9.17) is 16.3 Å². The first-order valence-corrected chi connectivity index (χ1v) is 6.22. The van der Waals surface area contributed by atoms with Gasteiger partial charge in [0.1, 0.15) is 0 Å². The van der Waals surface area contributed by atoms with E-state index in [1.807, 2.05) is 30.3 Å². The third-order valence-electron chi connectivity index (χ3n) is 2.69. The van der Waals surface area contributed by atoms with Gasteiger partial charge < -0.3 is 10.1 Å². The highest BCUT2D eigenvalue weighted by Crippen LogP contribution is 2.18. The summed E-state index contributed by atoms with van der Waals surface area (Å²) in [5.41, 5.74) is 3.41. The first-order valence-electron chi connectivity index (χ1n) is 5.85. The van der Waals surface area contributed by atoms with Crippen LogP contribution in [0.15, 0.2) is 48.5 Å². The Labute approximate surface area is 113 Å². The lowest BCUT2D eigenvalue weighted by Crippen LogP contribution is -2.02. The van der Waals surface area contributed by atoms with Crippen molar-refractivity contribution in [3.8, 4) is 0 Å². The van der Waals surface area contributed by atoms with Crippen LogP contribution in [0, 0.1) is 0 Å². The predicted molar refractivity (Wildman–Crippen MR) is 75.9 cm³/mol. The van der Waals surface area contributed by atoms with Gasteiger partial charge in [-0.2, -0.15) is 0 Å². The van der Waals surface area contributed by atoms with Crippen LogP contribution in [0.2, 0.25) is 5.02 Å². The van der Waals surface area contributed by atoms with Gasteiger partial charge in [0.15, 0.2) is 0 Å². The molecule has 0 fully saturated rings. The van der Waals surface area contributed by atoms with Gasteiger partial charge in [0.2, 0.25) is 0 Å². The standard InChI is InChI=1S/C15H16ClNO/c1-18-11-13-6-2-3-8-15(13)17-10-12-5-4-7-14(16)9-12/h2-9,17H,10-11H2,1H3. The van der Waals surface area contributed by atoms with E-state index in [9.17, 15) is 0 Å². The second-order valence-electron chi connectivity index (χ2n) is 4.07. The molecule has 0 aliphatic heterocycles. The SMILES string of the molecule is COCc1ccccc1NCc1cccc(Cl)c1. The average Bonchev–Trinajstić information content (AvgIpc) is 2.38. The molecule has 18 heavy (non-hydrogen) atoms. The number of para-hydroxylation sites is 1. The zero-order valence-corrected chi connectivity index (χ0v) is 11.1. The summed E-state index contributed by atoms with van der Waals surface area (Å²) in [6, 6.07) is 16.0. The molecule has 0 atom stereocenters. The van der Waals surface area contributed by atoms with Crippen molar-refractivity contribution in [2.45, 2.75) is 13.2 Å². The minimum absolute atomic E-state index is 0.610. The van der Waals surface area contributed by atoms with Crippen LogP contribution in [0.25, 0.3) is 0 Å². The van der Waals surface area contributed by atoms with E-state index in [1.165, 1.54) is 0 Å². The van der Waals surface area contributed by atoms with Crippen LogP contribution < -0.4 is 5.32 Å². The number of hydrogen-bond acceptors (Lipinski definition) is 2. The van der Waals surface area contributed by atoms with E-state index >= 15 is 0 Å². The number of rotatable bonds is 5. The van der Waals surface area contributed by atoms with Crippen molar-refractivity contribution in [3.63, 3.8) is 0 Å². The zero-order chi connectivity index (χ0) is 12.8. The van der Waals surface area contributed by atoms with Crippen molar-refractivity contribution in [1.82, 2.24) is 0 Å². The maximum atomic E-state index is 5.96. The van der Waals surface area contributed by atoms with Gasteiger partial charge in [0.05, 0.1) is 6.61 Å². The number of nitrogens with one attached hydrogen (secondary N) is 1. The molecule has 0 aromatic heterocycles. The van der Waals surface area contributed by atoms with Crippen molar-refractivity contribution in [2.24, 2.45) is 0 Å². The van der Waals surface area contributed by atoms with Crippen molar-refractivity contribution >= 4 is 17.3 Å². The summed E-state index contributed by atoms with van der Waals surface area (Å²) in [6.07, 6.45) is 0. The average molecular weight is 262 g/mol. The van der Waals surface area contributed by atoms with Crippen molar-refractivity contribution in [1.29, 1.82) is 0 Å². The highest BCUT2D eigenvalue weighted by atomic mass is 35.5. The Kier molecular flexibility index (Phi) is 4.62. The third-order valence-corrected chi connectivity index (χ3v) is 2.92. The van der Waals surface area contributed by atoms with E-state index in [0.717, 1.165) is 28.4 Å². The van der Waals surface area contributed by atoms with Crippen molar-refractivity contribution in [2.75, 3.05) is 12.4 Å². The largest absolute Gasteiger partial charge is 0.381 e. The number of ether oxygens (including phenoxy) is 1. The lowest BCUT2D eigenvalue weighted by molar-refractivity contribution is 0.185. The minimum atomic E-state index is 0.610. The summed E-state index contributed by atoms with van der Waals surface area (Å²) in [7, 11) is 1.70. The maximum absolute atomic E-state index is 5.96. The van der Waals surface area contributed by atoms with E-state index in [-0.39, 0.29) is 0 Å². The van der Waals surface area contributed by atoms with Crippen LogP contribution in [0.4, 0.5) is 5.69 Å². The molecule has 0 unspecified atom stereocenters. The molecule has 0 spiro atoms. The second kappa shape index (κ2) is 6.43. The summed E-state index contributed by atoms with van der Waals surface area (Å²) >= 11 is 5.96. The van der Waals surface area contributed by atoms with Gasteiger partial charge in [-0.15, -0.1) is 0 Å². The summed E-state index contributed by atoms with van der Waals surface area (Å²) in [6.45, 7) is 1.36. The van der Waals surface area contributed by atoms with Gasteiger partial charge in [-0.3, -0.25) is 0 Å². The number of hydrogen-bond donors (Lipinski definition) is 1. The van der Waals surface area contributed by atoms with E-state index in [1.54, 1.807) is 7.11 Å². The van der Waals surface area contributed by atoms with Crippen LogP contribution >= 0.6 is 11.6 Å². The molecular weight excluding hydrogens is 246 g/mol. The Morgan fingerprint density at radius 3 is 2.72 bits per heavy atom. The van der Waals surface area contributed by atoms with Crippen LogP contribution in [0.1, 0.15) is 11.1 Å². The summed E-state index contributed by atoms with van der Waals surface area (Å²) in [5, 5.41) is 4.17. The molecule has 3 heteroatoms. The van der Waals surface area contributed by atoms with E-state index in [0.29, 0.717) is 6.61 Å². The number of methoxy groups -OCH3 is 1. The molecule has 94 valence electrons. The monoisotopic (exact) mass is 261 g/mol. The molecule has 0 saturated heterocycles. The van der Waals surface area contributed by atoms with E-state index in [2.05, 4.69) is 23.5 Å². The second-order valence-corrected chi connectivity index (χ2v) is 4.51. The topological polar surface area (TPSA) is 21.3 Å². The zero-order valence-electron chi connectivity index (χ0n) is 10.3. The number of anilines is 1. The quantitative estimate of drug-likeness (QED) is 0.875. The maximum Gasteiger partial charge on any atom is 0.0733 e. The van der Waals surface area contributed by atoms with Gasteiger partial charge in [0.25, 0.3) is 0 Å². The number of benzene rings is 2. The minimum Gasteiger partial charge on any atom is -0.381 e.